The van der Waals surface area contributed by atoms with Gasteiger partial charge in [0, 0.05) is 24.8 Å². The van der Waals surface area contributed by atoms with Gasteiger partial charge in [-0.2, -0.15) is 0 Å². The van der Waals surface area contributed by atoms with Crippen LogP contribution in [0.25, 0.3) is 0 Å². The fourth-order valence-corrected chi connectivity index (χ4v) is 3.59. The Bertz CT molecular complexity index is 666. The van der Waals surface area contributed by atoms with E-state index in [1.54, 1.807) is 18.2 Å². The molecule has 1 aromatic carbocycles. The number of nitrogens with two attached hydrogens (primary N) is 1. The quantitative estimate of drug-likeness (QED) is 0.817. The second-order valence-electron chi connectivity index (χ2n) is 6.36. The van der Waals surface area contributed by atoms with Crippen LogP contribution in [0.2, 0.25) is 0 Å². The first-order chi connectivity index (χ1) is 10.8. The third-order valence-corrected chi connectivity index (χ3v) is 4.76. The average Bonchev–Trinajstić information content (AvgIpc) is 2.45. The molecule has 2 unspecified atom stereocenters. The van der Waals surface area contributed by atoms with E-state index in [1.807, 2.05) is 11.0 Å². The van der Waals surface area contributed by atoms with E-state index in [0.717, 1.165) is 31.2 Å². The summed E-state index contributed by atoms with van der Waals surface area (Å²) >= 11 is 0. The summed E-state index contributed by atoms with van der Waals surface area (Å²) in [5.74, 6) is 0.638. The number of hydrogen-bond donors (Lipinski definition) is 2. The van der Waals surface area contributed by atoms with Gasteiger partial charge in [-0.15, -0.1) is 12.4 Å². The van der Waals surface area contributed by atoms with Crippen molar-refractivity contribution >= 4 is 34.0 Å². The van der Waals surface area contributed by atoms with Gasteiger partial charge in [0.25, 0.3) is 0 Å². The SMILES string of the molecule is CC1CCN(C(=O)Cc2cccc(NS(C)(=O)=O)c2)C(CN)C1.Cl. The van der Waals surface area contributed by atoms with Crippen molar-refractivity contribution in [1.82, 2.24) is 4.90 Å². The Morgan fingerprint density at radius 3 is 2.75 bits per heavy atom. The Hall–Kier alpha value is -1.31. The van der Waals surface area contributed by atoms with Crippen molar-refractivity contribution in [2.75, 3.05) is 24.1 Å². The number of benzene rings is 1. The molecule has 6 nitrogen and oxygen atoms in total. The molecule has 2 rings (SSSR count). The van der Waals surface area contributed by atoms with Crippen LogP contribution in [-0.2, 0) is 21.2 Å². The number of rotatable bonds is 5. The molecule has 0 spiro atoms. The third kappa shape index (κ3) is 5.96. The average molecular weight is 376 g/mol. The van der Waals surface area contributed by atoms with Gasteiger partial charge in [0.1, 0.15) is 0 Å². The van der Waals surface area contributed by atoms with E-state index >= 15 is 0 Å². The van der Waals surface area contributed by atoms with E-state index in [2.05, 4.69) is 11.6 Å². The van der Waals surface area contributed by atoms with Gasteiger partial charge in [-0.3, -0.25) is 9.52 Å². The largest absolute Gasteiger partial charge is 0.338 e. The third-order valence-electron chi connectivity index (χ3n) is 4.16. The van der Waals surface area contributed by atoms with Crippen LogP contribution in [0.15, 0.2) is 24.3 Å². The fourth-order valence-electron chi connectivity index (χ4n) is 3.04. The lowest BCUT2D eigenvalue weighted by atomic mass is 9.92. The summed E-state index contributed by atoms with van der Waals surface area (Å²) in [5, 5.41) is 0. The minimum atomic E-state index is -3.32. The molecule has 1 aliphatic rings. The molecule has 0 saturated carbocycles. The van der Waals surface area contributed by atoms with Gasteiger partial charge >= 0.3 is 0 Å². The number of amides is 1. The highest BCUT2D eigenvalue weighted by atomic mass is 35.5. The number of anilines is 1. The van der Waals surface area contributed by atoms with Crippen molar-refractivity contribution in [3.63, 3.8) is 0 Å². The first-order valence-corrected chi connectivity index (χ1v) is 9.74. The summed E-state index contributed by atoms with van der Waals surface area (Å²) in [6.07, 6.45) is 3.30. The number of likely N-dealkylation sites (tertiary alicyclic amines) is 1. The number of nitrogens with one attached hydrogen (secondary N) is 1. The summed E-state index contributed by atoms with van der Waals surface area (Å²) < 4.78 is 25.0. The molecular weight excluding hydrogens is 350 g/mol. The van der Waals surface area contributed by atoms with Gasteiger partial charge in [0.05, 0.1) is 12.7 Å². The zero-order chi connectivity index (χ0) is 17.0. The molecule has 136 valence electrons. The molecule has 1 heterocycles. The topological polar surface area (TPSA) is 92.5 Å². The first-order valence-electron chi connectivity index (χ1n) is 7.84. The minimum Gasteiger partial charge on any atom is -0.338 e. The molecule has 3 N–H and O–H groups in total. The van der Waals surface area contributed by atoms with E-state index in [0.29, 0.717) is 18.2 Å². The summed E-state index contributed by atoms with van der Waals surface area (Å²) in [4.78, 5) is 14.4. The van der Waals surface area contributed by atoms with E-state index in [-0.39, 0.29) is 30.8 Å². The lowest BCUT2D eigenvalue weighted by molar-refractivity contribution is -0.134. The summed E-state index contributed by atoms with van der Waals surface area (Å²) in [6.45, 7) is 3.40. The monoisotopic (exact) mass is 375 g/mol. The number of carbonyl (C=O) groups is 1. The van der Waals surface area contributed by atoms with E-state index in [1.165, 1.54) is 0 Å². The molecular formula is C16H26ClN3O3S. The molecule has 0 aliphatic carbocycles. The second kappa shape index (κ2) is 8.69. The van der Waals surface area contributed by atoms with E-state index in [9.17, 15) is 13.2 Å². The Balaban J connectivity index is 0.00000288. The number of sulfonamides is 1. The van der Waals surface area contributed by atoms with Crippen LogP contribution in [0.3, 0.4) is 0 Å². The zero-order valence-electron chi connectivity index (χ0n) is 14.1. The molecule has 1 aromatic rings. The van der Waals surface area contributed by atoms with Crippen molar-refractivity contribution in [2.24, 2.45) is 11.7 Å². The maximum atomic E-state index is 12.6. The van der Waals surface area contributed by atoms with Gasteiger partial charge in [0.2, 0.25) is 15.9 Å². The van der Waals surface area contributed by atoms with Gasteiger partial charge in [-0.25, -0.2) is 8.42 Å². The molecule has 1 fully saturated rings. The molecule has 1 amide bonds. The molecule has 2 atom stereocenters. The van der Waals surface area contributed by atoms with Gasteiger partial charge in [-0.05, 0) is 36.5 Å². The first kappa shape index (κ1) is 20.7. The molecule has 24 heavy (non-hydrogen) atoms. The Labute approximate surface area is 150 Å². The van der Waals surface area contributed by atoms with Gasteiger partial charge in [-0.1, -0.05) is 19.1 Å². The molecule has 8 heteroatoms. The predicted octanol–water partition coefficient (Wildman–Crippen LogP) is 1.61. The minimum absolute atomic E-state index is 0. The smallest absolute Gasteiger partial charge is 0.229 e. The summed E-state index contributed by atoms with van der Waals surface area (Å²) in [7, 11) is -3.32. The number of hydrogen-bond acceptors (Lipinski definition) is 4. The summed E-state index contributed by atoms with van der Waals surface area (Å²) in [5.41, 5.74) is 7.07. The lowest BCUT2D eigenvalue weighted by Gasteiger charge is -2.38. The molecule has 1 saturated heterocycles. The van der Waals surface area contributed by atoms with E-state index in [4.69, 9.17) is 5.73 Å². The highest BCUT2D eigenvalue weighted by Crippen LogP contribution is 2.23. The maximum Gasteiger partial charge on any atom is 0.229 e. The van der Waals surface area contributed by atoms with Crippen molar-refractivity contribution < 1.29 is 13.2 Å². The number of carbonyl (C=O) groups excluding carboxylic acids is 1. The van der Waals surface area contributed by atoms with Crippen LogP contribution in [0.4, 0.5) is 5.69 Å². The van der Waals surface area contributed by atoms with Crippen molar-refractivity contribution in [1.29, 1.82) is 0 Å². The standard InChI is InChI=1S/C16H25N3O3S.ClH/c1-12-6-7-19(15(8-12)11-17)16(20)10-13-4-3-5-14(9-13)18-23(2,21)22;/h3-5,9,12,15,18H,6-8,10-11,17H2,1-2H3;1H. The molecule has 0 aromatic heterocycles. The highest BCUT2D eigenvalue weighted by Gasteiger charge is 2.28. The summed E-state index contributed by atoms with van der Waals surface area (Å²) in [6, 6.07) is 7.04. The normalized spacial score (nSPS) is 21.0. The zero-order valence-corrected chi connectivity index (χ0v) is 15.7. The van der Waals surface area contributed by atoms with Crippen LogP contribution in [0, 0.1) is 5.92 Å². The second-order valence-corrected chi connectivity index (χ2v) is 8.11. The van der Waals surface area contributed by atoms with E-state index < -0.39 is 10.0 Å². The Kier molecular flexibility index (Phi) is 7.51. The number of piperidine rings is 1. The molecule has 0 bridgehead atoms. The fraction of sp³-hybridized carbons (Fsp3) is 0.562. The Morgan fingerprint density at radius 1 is 1.42 bits per heavy atom. The van der Waals surface area contributed by atoms with Crippen LogP contribution in [0.5, 0.6) is 0 Å². The maximum absolute atomic E-state index is 12.6. The van der Waals surface area contributed by atoms with Crippen molar-refractivity contribution in [2.45, 2.75) is 32.2 Å². The van der Waals surface area contributed by atoms with Gasteiger partial charge < -0.3 is 10.6 Å². The highest BCUT2D eigenvalue weighted by molar-refractivity contribution is 7.92. The molecule has 0 radical (unpaired) electrons. The van der Waals surface area contributed by atoms with Crippen LogP contribution in [-0.4, -0.2) is 44.6 Å². The van der Waals surface area contributed by atoms with Crippen LogP contribution in [0.1, 0.15) is 25.3 Å². The lowest BCUT2D eigenvalue weighted by Crippen LogP contribution is -2.49. The Morgan fingerprint density at radius 2 is 2.12 bits per heavy atom. The number of halogens is 1. The molecule has 1 aliphatic heterocycles. The number of nitrogens with zero attached hydrogens (tertiary/aromatic N) is 1. The van der Waals surface area contributed by atoms with Crippen molar-refractivity contribution in [3.05, 3.63) is 29.8 Å². The van der Waals surface area contributed by atoms with Crippen LogP contribution >= 0.6 is 12.4 Å². The predicted molar refractivity (Wildman–Crippen MR) is 98.8 cm³/mol. The van der Waals surface area contributed by atoms with Crippen molar-refractivity contribution in [3.8, 4) is 0 Å². The van der Waals surface area contributed by atoms with Crippen LogP contribution < -0.4 is 10.5 Å². The van der Waals surface area contributed by atoms with Gasteiger partial charge in [0.15, 0.2) is 0 Å².